The molecule has 0 amide bonds. The molecule has 0 N–H and O–H groups in total. The third-order valence-corrected chi connectivity index (χ3v) is 12.3. The molecule has 0 aliphatic heterocycles. The highest BCUT2D eigenvalue weighted by molar-refractivity contribution is 9.10. The van der Waals surface area contributed by atoms with Gasteiger partial charge in [0.05, 0.1) is 29.8 Å². The molecular formula is C20H29BrClNO2Si. The molecule has 2 rings (SSSR count). The van der Waals surface area contributed by atoms with Crippen molar-refractivity contribution in [1.82, 2.24) is 4.98 Å². The van der Waals surface area contributed by atoms with Gasteiger partial charge >= 0.3 is 0 Å². The van der Waals surface area contributed by atoms with Crippen molar-refractivity contribution < 1.29 is 9.16 Å². The van der Waals surface area contributed by atoms with Gasteiger partial charge in [0, 0.05) is 9.86 Å². The van der Waals surface area contributed by atoms with Gasteiger partial charge in [0.1, 0.15) is 0 Å². The summed E-state index contributed by atoms with van der Waals surface area (Å²) in [6, 6.07) is 5.88. The summed E-state index contributed by atoms with van der Waals surface area (Å²) in [7, 11) is -0.369. The highest BCUT2D eigenvalue weighted by Crippen LogP contribution is 2.44. The minimum Gasteiger partial charge on any atom is -0.481 e. The lowest BCUT2D eigenvalue weighted by atomic mass is 10.1. The molecule has 0 radical (unpaired) electrons. The fraction of sp³-hybridized carbons (Fsp3) is 0.550. The summed E-state index contributed by atoms with van der Waals surface area (Å²) in [6.45, 7) is 14.1. The lowest BCUT2D eigenvalue weighted by Gasteiger charge is -2.42. The van der Waals surface area contributed by atoms with E-state index in [1.165, 1.54) is 0 Å². The maximum atomic E-state index is 6.76. The Hall–Kier alpha value is -0.623. The Balaban J connectivity index is 2.51. The van der Waals surface area contributed by atoms with Crippen molar-refractivity contribution in [1.29, 1.82) is 0 Å². The SMILES string of the molecule is COc1nc2ccc(Br)cc2c(Cl)c1CO[Si](C(C)C)(C(C)C)C(C)C. The largest absolute Gasteiger partial charge is 0.481 e. The number of ether oxygens (including phenoxy) is 1. The summed E-state index contributed by atoms with van der Waals surface area (Å²) >= 11 is 10.3. The van der Waals surface area contributed by atoms with Gasteiger partial charge in [-0.25, -0.2) is 4.98 Å². The lowest BCUT2D eigenvalue weighted by Crippen LogP contribution is -2.47. The molecular weight excluding hydrogens is 430 g/mol. The third kappa shape index (κ3) is 3.96. The van der Waals surface area contributed by atoms with Gasteiger partial charge in [-0.2, -0.15) is 0 Å². The van der Waals surface area contributed by atoms with E-state index in [0.29, 0.717) is 34.1 Å². The van der Waals surface area contributed by atoms with Gasteiger partial charge in [0.15, 0.2) is 0 Å². The fourth-order valence-corrected chi connectivity index (χ4v) is 10.2. The Kier molecular flexibility index (Phi) is 7.16. The third-order valence-electron chi connectivity index (χ3n) is 5.31. The van der Waals surface area contributed by atoms with Crippen molar-refractivity contribution in [3.8, 4) is 5.88 Å². The minimum atomic E-state index is -2.00. The summed E-state index contributed by atoms with van der Waals surface area (Å²) in [4.78, 5) is 4.64. The number of halogens is 2. The molecule has 1 aromatic heterocycles. The molecule has 3 nitrogen and oxygen atoms in total. The molecule has 0 bridgehead atoms. The molecule has 0 fully saturated rings. The molecule has 6 heteroatoms. The molecule has 0 saturated carbocycles. The van der Waals surface area contributed by atoms with Crippen LogP contribution in [0, 0.1) is 0 Å². The van der Waals surface area contributed by atoms with Gasteiger partial charge < -0.3 is 9.16 Å². The summed E-state index contributed by atoms with van der Waals surface area (Å²) in [5, 5.41) is 1.57. The van der Waals surface area contributed by atoms with E-state index in [9.17, 15) is 0 Å². The number of nitrogens with zero attached hydrogens (tertiary/aromatic N) is 1. The first-order chi connectivity index (χ1) is 12.1. The van der Waals surface area contributed by atoms with Crippen LogP contribution in [0.4, 0.5) is 0 Å². The Bertz CT molecular complexity index is 758. The maximum Gasteiger partial charge on any atom is 0.220 e. The van der Waals surface area contributed by atoms with Crippen molar-refractivity contribution in [3.63, 3.8) is 0 Å². The lowest BCUT2D eigenvalue weighted by molar-refractivity contribution is 0.258. The van der Waals surface area contributed by atoms with Crippen LogP contribution in [0.15, 0.2) is 22.7 Å². The predicted octanol–water partition coefficient (Wildman–Crippen LogP) is 7.35. The molecule has 144 valence electrons. The number of aromatic nitrogens is 1. The second-order valence-corrected chi connectivity index (χ2v) is 14.4. The normalized spacial score (nSPS) is 12.6. The van der Waals surface area contributed by atoms with Crippen molar-refractivity contribution >= 4 is 46.8 Å². The van der Waals surface area contributed by atoms with Gasteiger partial charge in [0.25, 0.3) is 0 Å². The number of rotatable bonds is 7. The molecule has 0 aliphatic rings. The monoisotopic (exact) mass is 457 g/mol. The second-order valence-electron chi connectivity index (χ2n) is 7.68. The van der Waals surface area contributed by atoms with Crippen LogP contribution in [0.25, 0.3) is 10.9 Å². The van der Waals surface area contributed by atoms with Crippen LogP contribution < -0.4 is 4.74 Å². The molecule has 2 aromatic rings. The van der Waals surface area contributed by atoms with Crippen molar-refractivity contribution in [2.45, 2.75) is 64.8 Å². The van der Waals surface area contributed by atoms with Crippen LogP contribution in [0.2, 0.25) is 21.6 Å². The van der Waals surface area contributed by atoms with Crippen LogP contribution in [0.1, 0.15) is 47.1 Å². The van der Waals surface area contributed by atoms with Crippen LogP contribution in [0.3, 0.4) is 0 Å². The van der Waals surface area contributed by atoms with E-state index in [4.69, 9.17) is 20.8 Å². The van der Waals surface area contributed by atoms with Crippen molar-refractivity contribution in [2.75, 3.05) is 7.11 Å². The molecule has 0 unspecified atom stereocenters. The highest BCUT2D eigenvalue weighted by Gasteiger charge is 2.45. The average molecular weight is 459 g/mol. The zero-order valence-corrected chi connectivity index (χ0v) is 20.0. The molecule has 1 aromatic carbocycles. The first-order valence-corrected chi connectivity index (χ1v) is 12.4. The van der Waals surface area contributed by atoms with Gasteiger partial charge in [-0.3, -0.25) is 0 Å². The predicted molar refractivity (Wildman–Crippen MR) is 117 cm³/mol. The first-order valence-electron chi connectivity index (χ1n) is 9.10. The van der Waals surface area contributed by atoms with Gasteiger partial charge in [0.2, 0.25) is 14.2 Å². The van der Waals surface area contributed by atoms with E-state index in [0.717, 1.165) is 20.9 Å². The zero-order chi connectivity index (χ0) is 19.6. The Morgan fingerprint density at radius 1 is 1.08 bits per heavy atom. The fourth-order valence-electron chi connectivity index (χ4n) is 4.21. The van der Waals surface area contributed by atoms with E-state index in [-0.39, 0.29) is 0 Å². The van der Waals surface area contributed by atoms with E-state index in [2.05, 4.69) is 62.5 Å². The van der Waals surface area contributed by atoms with E-state index >= 15 is 0 Å². The minimum absolute atomic E-state index is 0.429. The van der Waals surface area contributed by atoms with Gasteiger partial charge in [-0.15, -0.1) is 0 Å². The summed E-state index contributed by atoms with van der Waals surface area (Å²) in [6.07, 6.45) is 0. The molecule has 0 saturated heterocycles. The molecule has 1 heterocycles. The average Bonchev–Trinajstić information content (AvgIpc) is 2.56. The number of pyridine rings is 1. The second kappa shape index (κ2) is 8.59. The van der Waals surface area contributed by atoms with E-state index < -0.39 is 8.32 Å². The van der Waals surface area contributed by atoms with Gasteiger partial charge in [-0.1, -0.05) is 69.1 Å². The summed E-state index contributed by atoms with van der Waals surface area (Å²) < 4.78 is 13.2. The Labute approximate surface area is 171 Å². The van der Waals surface area contributed by atoms with Crippen molar-refractivity contribution in [2.24, 2.45) is 0 Å². The quantitative estimate of drug-likeness (QED) is 0.406. The maximum absolute atomic E-state index is 6.76. The van der Waals surface area contributed by atoms with E-state index in [1.54, 1.807) is 7.11 Å². The van der Waals surface area contributed by atoms with Gasteiger partial charge in [-0.05, 0) is 34.8 Å². The summed E-state index contributed by atoms with van der Waals surface area (Å²) in [5.41, 5.74) is 3.18. The topological polar surface area (TPSA) is 31.4 Å². The standard InChI is InChI=1S/C20H29BrClNO2Si/c1-12(2)26(13(3)4,14(5)6)25-11-17-19(22)16-10-15(21)8-9-18(16)23-20(17)24-7/h8-10,12-14H,11H2,1-7H3. The first kappa shape index (κ1) is 21.7. The highest BCUT2D eigenvalue weighted by atomic mass is 79.9. The molecule has 26 heavy (non-hydrogen) atoms. The zero-order valence-electron chi connectivity index (χ0n) is 16.7. The van der Waals surface area contributed by atoms with Crippen LogP contribution in [0.5, 0.6) is 5.88 Å². The van der Waals surface area contributed by atoms with Crippen LogP contribution in [-0.2, 0) is 11.0 Å². The van der Waals surface area contributed by atoms with Crippen molar-refractivity contribution in [3.05, 3.63) is 33.3 Å². The Morgan fingerprint density at radius 3 is 2.15 bits per heavy atom. The van der Waals surface area contributed by atoms with Crippen LogP contribution >= 0.6 is 27.5 Å². The van der Waals surface area contributed by atoms with E-state index in [1.807, 2.05) is 18.2 Å². The number of hydrogen-bond acceptors (Lipinski definition) is 3. The smallest absolute Gasteiger partial charge is 0.220 e. The number of benzene rings is 1. The molecule has 0 atom stereocenters. The summed E-state index contributed by atoms with van der Waals surface area (Å²) in [5.74, 6) is 0.545. The molecule has 0 aliphatic carbocycles. The number of fused-ring (bicyclic) bond motifs is 1. The number of methoxy groups -OCH3 is 1. The number of hydrogen-bond donors (Lipinski definition) is 0. The van der Waals surface area contributed by atoms with Crippen LogP contribution in [-0.4, -0.2) is 20.4 Å². The molecule has 0 spiro atoms. The Morgan fingerprint density at radius 2 is 1.65 bits per heavy atom.